The molecule has 1 aliphatic heterocycles. The molecule has 2 atom stereocenters. The SMILES string of the molecule is NC(=O)c1[nH]c([C@@H]2Cc3ccccc3CN2C(=O)[C@@H](N)Cc2ccc(O)cc2)nc1-c1ccccc1. The van der Waals surface area contributed by atoms with E-state index < -0.39 is 18.0 Å². The van der Waals surface area contributed by atoms with Crippen LogP contribution in [-0.4, -0.2) is 37.8 Å². The van der Waals surface area contributed by atoms with E-state index >= 15 is 0 Å². The lowest BCUT2D eigenvalue weighted by atomic mass is 9.92. The Morgan fingerprint density at radius 1 is 1.00 bits per heavy atom. The fourth-order valence-electron chi connectivity index (χ4n) is 4.72. The van der Waals surface area contributed by atoms with Crippen LogP contribution in [0.4, 0.5) is 0 Å². The number of nitrogens with zero attached hydrogens (tertiary/aromatic N) is 2. The molecular weight excluding hydrogens is 454 g/mol. The molecule has 36 heavy (non-hydrogen) atoms. The Hall–Kier alpha value is -4.43. The molecule has 0 aliphatic carbocycles. The Morgan fingerprint density at radius 2 is 1.67 bits per heavy atom. The van der Waals surface area contributed by atoms with Crippen molar-refractivity contribution in [1.82, 2.24) is 14.9 Å². The molecule has 0 saturated heterocycles. The van der Waals surface area contributed by atoms with Gasteiger partial charge in [0.25, 0.3) is 5.91 Å². The van der Waals surface area contributed by atoms with E-state index in [4.69, 9.17) is 16.5 Å². The molecule has 5 rings (SSSR count). The number of hydrogen-bond acceptors (Lipinski definition) is 5. The van der Waals surface area contributed by atoms with E-state index in [1.165, 1.54) is 0 Å². The molecular formula is C28H27N5O3. The third-order valence-corrected chi connectivity index (χ3v) is 6.57. The maximum atomic E-state index is 13.7. The van der Waals surface area contributed by atoms with Gasteiger partial charge in [0.2, 0.25) is 5.91 Å². The van der Waals surface area contributed by atoms with Gasteiger partial charge in [0, 0.05) is 18.5 Å². The zero-order valence-corrected chi connectivity index (χ0v) is 19.6. The number of aromatic amines is 1. The van der Waals surface area contributed by atoms with E-state index in [9.17, 15) is 14.7 Å². The number of carbonyl (C=O) groups is 2. The van der Waals surface area contributed by atoms with Crippen molar-refractivity contribution in [2.45, 2.75) is 31.5 Å². The fourth-order valence-corrected chi connectivity index (χ4v) is 4.72. The third-order valence-electron chi connectivity index (χ3n) is 6.57. The minimum atomic E-state index is -0.790. The number of benzene rings is 3. The highest BCUT2D eigenvalue weighted by molar-refractivity contribution is 5.97. The molecule has 2 heterocycles. The van der Waals surface area contributed by atoms with Crippen molar-refractivity contribution in [2.24, 2.45) is 11.5 Å². The zero-order valence-electron chi connectivity index (χ0n) is 19.6. The zero-order chi connectivity index (χ0) is 25.2. The van der Waals surface area contributed by atoms with E-state index in [0.717, 1.165) is 22.3 Å². The minimum absolute atomic E-state index is 0.156. The molecule has 4 aromatic rings. The number of nitrogens with one attached hydrogen (secondary N) is 1. The first-order valence-corrected chi connectivity index (χ1v) is 11.8. The summed E-state index contributed by atoms with van der Waals surface area (Å²) in [4.78, 5) is 35.6. The van der Waals surface area contributed by atoms with E-state index in [-0.39, 0.29) is 17.4 Å². The summed E-state index contributed by atoms with van der Waals surface area (Å²) in [6.07, 6.45) is 0.845. The molecule has 0 fully saturated rings. The second-order valence-electron chi connectivity index (χ2n) is 9.01. The van der Waals surface area contributed by atoms with Crippen molar-refractivity contribution in [3.05, 3.63) is 107 Å². The number of fused-ring (bicyclic) bond motifs is 1. The number of nitrogens with two attached hydrogens (primary N) is 2. The largest absolute Gasteiger partial charge is 0.508 e. The van der Waals surface area contributed by atoms with Crippen molar-refractivity contribution in [3.63, 3.8) is 0 Å². The number of primary amides is 1. The van der Waals surface area contributed by atoms with Gasteiger partial charge in [0.1, 0.15) is 23.0 Å². The van der Waals surface area contributed by atoms with Gasteiger partial charge in [-0.05, 0) is 35.2 Å². The monoisotopic (exact) mass is 481 g/mol. The van der Waals surface area contributed by atoms with Crippen LogP contribution in [0.1, 0.15) is 39.0 Å². The maximum Gasteiger partial charge on any atom is 0.267 e. The Bertz CT molecular complexity index is 1400. The van der Waals surface area contributed by atoms with Crippen molar-refractivity contribution in [3.8, 4) is 17.0 Å². The van der Waals surface area contributed by atoms with Crippen LogP contribution in [0.2, 0.25) is 0 Å². The summed E-state index contributed by atoms with van der Waals surface area (Å²) >= 11 is 0. The van der Waals surface area contributed by atoms with Crippen LogP contribution < -0.4 is 11.5 Å². The molecule has 0 unspecified atom stereocenters. The van der Waals surface area contributed by atoms with Gasteiger partial charge in [-0.15, -0.1) is 0 Å². The van der Waals surface area contributed by atoms with Gasteiger partial charge < -0.3 is 26.5 Å². The molecule has 0 saturated carbocycles. The van der Waals surface area contributed by atoms with Gasteiger partial charge in [-0.2, -0.15) is 0 Å². The summed E-state index contributed by atoms with van der Waals surface area (Å²) in [5.41, 5.74) is 16.5. The summed E-state index contributed by atoms with van der Waals surface area (Å²) < 4.78 is 0. The molecule has 1 aliphatic rings. The number of imidazole rings is 1. The highest BCUT2D eigenvalue weighted by Gasteiger charge is 2.36. The predicted molar refractivity (Wildman–Crippen MR) is 136 cm³/mol. The average Bonchev–Trinajstić information content (AvgIpc) is 3.35. The first-order chi connectivity index (χ1) is 17.4. The molecule has 3 aromatic carbocycles. The van der Waals surface area contributed by atoms with Crippen molar-refractivity contribution in [1.29, 1.82) is 0 Å². The standard InChI is InChI=1S/C28H27N5O3/c29-22(14-17-10-12-21(34)13-11-17)28(36)33-16-20-9-5-4-8-19(20)15-23(33)27-31-24(25(32-27)26(30)35)18-6-2-1-3-7-18/h1-13,22-23,34H,14-16,29H2,(H2,30,35)(H,31,32)/t22-,23-/m0/s1. The van der Waals surface area contributed by atoms with Crippen LogP contribution in [-0.2, 0) is 24.2 Å². The number of rotatable bonds is 6. The first-order valence-electron chi connectivity index (χ1n) is 11.8. The summed E-state index contributed by atoms with van der Waals surface area (Å²) in [5, 5.41) is 9.55. The quantitative estimate of drug-likeness (QED) is 0.335. The lowest BCUT2D eigenvalue weighted by Gasteiger charge is -2.37. The van der Waals surface area contributed by atoms with Gasteiger partial charge >= 0.3 is 0 Å². The number of hydrogen-bond donors (Lipinski definition) is 4. The number of phenolic OH excluding ortho intramolecular Hbond substituents is 1. The Morgan fingerprint density at radius 3 is 2.36 bits per heavy atom. The fraction of sp³-hybridized carbons (Fsp3) is 0.179. The molecule has 0 radical (unpaired) electrons. The van der Waals surface area contributed by atoms with Crippen molar-refractivity contribution in [2.75, 3.05) is 0 Å². The predicted octanol–water partition coefficient (Wildman–Crippen LogP) is 3.08. The number of H-pyrrole nitrogens is 1. The highest BCUT2D eigenvalue weighted by atomic mass is 16.3. The topological polar surface area (TPSA) is 138 Å². The Balaban J connectivity index is 1.51. The number of aromatic nitrogens is 2. The number of amides is 2. The van der Waals surface area contributed by atoms with E-state index in [1.807, 2.05) is 54.6 Å². The second kappa shape index (κ2) is 9.67. The molecule has 1 aromatic heterocycles. The Kier molecular flexibility index (Phi) is 6.26. The van der Waals surface area contributed by atoms with Crippen LogP contribution >= 0.6 is 0 Å². The van der Waals surface area contributed by atoms with Crippen molar-refractivity contribution >= 4 is 11.8 Å². The van der Waals surface area contributed by atoms with Gasteiger partial charge in [-0.3, -0.25) is 9.59 Å². The molecule has 8 nitrogen and oxygen atoms in total. The van der Waals surface area contributed by atoms with E-state index in [2.05, 4.69) is 4.98 Å². The molecule has 2 amide bonds. The lowest BCUT2D eigenvalue weighted by Crippen LogP contribution is -2.48. The highest BCUT2D eigenvalue weighted by Crippen LogP contribution is 2.34. The number of aromatic hydroxyl groups is 1. The van der Waals surface area contributed by atoms with Crippen LogP contribution in [0.25, 0.3) is 11.3 Å². The van der Waals surface area contributed by atoms with Crippen LogP contribution in [0.15, 0.2) is 78.9 Å². The Labute approximate surface area is 208 Å². The summed E-state index contributed by atoms with van der Waals surface area (Å²) in [6.45, 7) is 0.371. The normalized spacial score (nSPS) is 15.8. The number of carbonyl (C=O) groups excluding carboxylic acids is 2. The molecule has 0 spiro atoms. The summed E-state index contributed by atoms with van der Waals surface area (Å²) in [6, 6.07) is 22.7. The van der Waals surface area contributed by atoms with E-state index in [0.29, 0.717) is 30.9 Å². The van der Waals surface area contributed by atoms with Crippen LogP contribution in [0.5, 0.6) is 5.75 Å². The van der Waals surface area contributed by atoms with Gasteiger partial charge in [0.15, 0.2) is 0 Å². The van der Waals surface area contributed by atoms with Crippen molar-refractivity contribution < 1.29 is 14.7 Å². The lowest BCUT2D eigenvalue weighted by molar-refractivity contribution is -0.136. The molecule has 0 bridgehead atoms. The summed E-state index contributed by atoms with van der Waals surface area (Å²) in [7, 11) is 0. The molecule has 8 heteroatoms. The van der Waals surface area contributed by atoms with Gasteiger partial charge in [0.05, 0.1) is 12.1 Å². The first kappa shape index (κ1) is 23.3. The van der Waals surface area contributed by atoms with E-state index in [1.54, 1.807) is 29.2 Å². The smallest absolute Gasteiger partial charge is 0.267 e. The van der Waals surface area contributed by atoms with Gasteiger partial charge in [-0.1, -0.05) is 66.7 Å². The van der Waals surface area contributed by atoms with Gasteiger partial charge in [-0.25, -0.2) is 4.98 Å². The minimum Gasteiger partial charge on any atom is -0.508 e. The summed E-state index contributed by atoms with van der Waals surface area (Å²) in [5.74, 6) is -0.197. The molecule has 182 valence electrons. The average molecular weight is 482 g/mol. The van der Waals surface area contributed by atoms with Crippen LogP contribution in [0, 0.1) is 0 Å². The molecule has 6 N–H and O–H groups in total. The van der Waals surface area contributed by atoms with Crippen LogP contribution in [0.3, 0.4) is 0 Å². The number of phenols is 1. The second-order valence-corrected chi connectivity index (χ2v) is 9.01. The third kappa shape index (κ3) is 4.58. The maximum absolute atomic E-state index is 13.7.